The maximum Gasteiger partial charge on any atom is 0.397 e. The summed E-state index contributed by atoms with van der Waals surface area (Å²) in [6, 6.07) is 23.6. The molecule has 0 saturated heterocycles. The average molecular weight is 347 g/mol. The first-order valence-electron chi connectivity index (χ1n) is 8.65. The molecule has 3 aromatic carbocycles. The van der Waals surface area contributed by atoms with Gasteiger partial charge in [0.15, 0.2) is 0 Å². The van der Waals surface area contributed by atoms with Crippen LogP contribution in [-0.4, -0.2) is 23.4 Å². The molecular weight excluding hydrogens is 326 g/mol. The van der Waals surface area contributed by atoms with Gasteiger partial charge >= 0.3 is 11.9 Å². The van der Waals surface area contributed by atoms with Crippen molar-refractivity contribution in [2.45, 2.75) is 20.0 Å². The van der Waals surface area contributed by atoms with Crippen LogP contribution in [0, 0.1) is 0 Å². The molecule has 0 N–H and O–H groups in total. The van der Waals surface area contributed by atoms with Gasteiger partial charge in [-0.3, -0.25) is 4.79 Å². The second-order valence-electron chi connectivity index (χ2n) is 6.01. The third-order valence-electron chi connectivity index (χ3n) is 4.19. The van der Waals surface area contributed by atoms with Crippen molar-refractivity contribution in [3.63, 3.8) is 0 Å². The molecule has 0 unspecified atom stereocenters. The summed E-state index contributed by atoms with van der Waals surface area (Å²) in [6.07, 6.45) is 0. The lowest BCUT2D eigenvalue weighted by molar-refractivity contribution is -0.160. The molecule has 4 heteroatoms. The van der Waals surface area contributed by atoms with Gasteiger partial charge in [0.05, 0.1) is 6.61 Å². The molecule has 1 amide bonds. The average Bonchev–Trinajstić information content (AvgIpc) is 2.68. The van der Waals surface area contributed by atoms with Crippen LogP contribution < -0.4 is 0 Å². The normalized spacial score (nSPS) is 10.5. The smallest absolute Gasteiger partial charge is 0.397 e. The number of nitrogens with zero attached hydrogens (tertiary/aromatic N) is 1. The molecule has 26 heavy (non-hydrogen) atoms. The predicted octanol–water partition coefficient (Wildman–Crippen LogP) is 3.93. The second kappa shape index (κ2) is 8.30. The first-order valence-corrected chi connectivity index (χ1v) is 8.65. The molecule has 0 atom stereocenters. The topological polar surface area (TPSA) is 46.6 Å². The van der Waals surface area contributed by atoms with Gasteiger partial charge in [-0.05, 0) is 28.8 Å². The lowest BCUT2D eigenvalue weighted by atomic mass is 10.0. The Labute approximate surface area is 153 Å². The molecular formula is C22H21NO3. The van der Waals surface area contributed by atoms with Gasteiger partial charge in [0.2, 0.25) is 0 Å². The largest absolute Gasteiger partial charge is 0.459 e. The molecule has 0 aromatic heterocycles. The van der Waals surface area contributed by atoms with Crippen LogP contribution in [0.2, 0.25) is 0 Å². The Morgan fingerprint density at radius 2 is 1.54 bits per heavy atom. The summed E-state index contributed by atoms with van der Waals surface area (Å²) in [6.45, 7) is 2.56. The number of rotatable bonds is 5. The highest BCUT2D eigenvalue weighted by Crippen LogP contribution is 2.21. The number of ether oxygens (including phenoxy) is 1. The SMILES string of the molecule is CCOC(=O)C(=O)N(Cc1ccccc1)Cc1cccc2ccccc12. The Morgan fingerprint density at radius 1 is 0.846 bits per heavy atom. The van der Waals surface area contributed by atoms with Crippen molar-refractivity contribution in [3.8, 4) is 0 Å². The molecule has 132 valence electrons. The van der Waals surface area contributed by atoms with E-state index >= 15 is 0 Å². The number of amides is 1. The fourth-order valence-corrected chi connectivity index (χ4v) is 2.96. The van der Waals surface area contributed by atoms with Gasteiger partial charge in [-0.15, -0.1) is 0 Å². The van der Waals surface area contributed by atoms with E-state index in [1.807, 2.05) is 72.8 Å². The maximum atomic E-state index is 12.6. The van der Waals surface area contributed by atoms with Gasteiger partial charge in [-0.1, -0.05) is 72.8 Å². The monoisotopic (exact) mass is 347 g/mol. The van der Waals surface area contributed by atoms with Crippen LogP contribution in [0.1, 0.15) is 18.1 Å². The van der Waals surface area contributed by atoms with Gasteiger partial charge in [0.25, 0.3) is 0 Å². The molecule has 0 saturated carbocycles. The highest BCUT2D eigenvalue weighted by Gasteiger charge is 2.24. The van der Waals surface area contributed by atoms with E-state index in [0.717, 1.165) is 21.9 Å². The lowest BCUT2D eigenvalue weighted by Crippen LogP contribution is -2.36. The van der Waals surface area contributed by atoms with Crippen molar-refractivity contribution in [1.82, 2.24) is 4.90 Å². The third kappa shape index (κ3) is 4.09. The minimum absolute atomic E-state index is 0.179. The van der Waals surface area contributed by atoms with E-state index in [1.54, 1.807) is 6.92 Å². The van der Waals surface area contributed by atoms with Gasteiger partial charge in [-0.2, -0.15) is 0 Å². The summed E-state index contributed by atoms with van der Waals surface area (Å²) >= 11 is 0. The molecule has 0 fully saturated rings. The molecule has 0 heterocycles. The number of hydrogen-bond acceptors (Lipinski definition) is 3. The Hall–Kier alpha value is -3.14. The van der Waals surface area contributed by atoms with Crippen LogP contribution in [0.25, 0.3) is 10.8 Å². The molecule has 0 aliphatic rings. The Bertz CT molecular complexity index is 900. The number of carbonyl (C=O) groups excluding carboxylic acids is 2. The summed E-state index contributed by atoms with van der Waals surface area (Å²) in [5.74, 6) is -1.44. The number of fused-ring (bicyclic) bond motifs is 1. The van der Waals surface area contributed by atoms with Crippen LogP contribution in [-0.2, 0) is 27.4 Å². The van der Waals surface area contributed by atoms with Crippen molar-refractivity contribution in [2.24, 2.45) is 0 Å². The van der Waals surface area contributed by atoms with Crippen molar-refractivity contribution in [2.75, 3.05) is 6.61 Å². The van der Waals surface area contributed by atoms with Crippen molar-refractivity contribution >= 4 is 22.6 Å². The number of hydrogen-bond donors (Lipinski definition) is 0. The van der Waals surface area contributed by atoms with Gasteiger partial charge < -0.3 is 9.64 Å². The van der Waals surface area contributed by atoms with Gasteiger partial charge in [-0.25, -0.2) is 4.79 Å². The highest BCUT2D eigenvalue weighted by atomic mass is 16.5. The second-order valence-corrected chi connectivity index (χ2v) is 6.01. The van der Waals surface area contributed by atoms with Crippen molar-refractivity contribution < 1.29 is 14.3 Å². The minimum atomic E-state index is -0.816. The van der Waals surface area contributed by atoms with E-state index in [0.29, 0.717) is 13.1 Å². The maximum absolute atomic E-state index is 12.6. The summed E-state index contributed by atoms with van der Waals surface area (Å²) in [5.41, 5.74) is 1.96. The zero-order valence-corrected chi connectivity index (χ0v) is 14.7. The molecule has 0 radical (unpaired) electrons. The van der Waals surface area contributed by atoms with Crippen LogP contribution in [0.15, 0.2) is 72.8 Å². The van der Waals surface area contributed by atoms with E-state index in [2.05, 4.69) is 0 Å². The van der Waals surface area contributed by atoms with Crippen LogP contribution in [0.4, 0.5) is 0 Å². The molecule has 3 aromatic rings. The quantitative estimate of drug-likeness (QED) is 0.519. The molecule has 0 aliphatic heterocycles. The minimum Gasteiger partial charge on any atom is -0.459 e. The molecule has 3 rings (SSSR count). The van der Waals surface area contributed by atoms with Gasteiger partial charge in [0, 0.05) is 13.1 Å². The standard InChI is InChI=1S/C22H21NO3/c1-2-26-22(25)21(24)23(15-17-9-4-3-5-10-17)16-19-13-8-12-18-11-6-7-14-20(18)19/h3-14H,2,15-16H2,1H3. The van der Waals surface area contributed by atoms with Gasteiger partial charge in [0.1, 0.15) is 0 Å². The lowest BCUT2D eigenvalue weighted by Gasteiger charge is -2.22. The van der Waals surface area contributed by atoms with Crippen LogP contribution in [0.3, 0.4) is 0 Å². The van der Waals surface area contributed by atoms with Crippen LogP contribution in [0.5, 0.6) is 0 Å². The number of carbonyl (C=O) groups is 2. The fourth-order valence-electron chi connectivity index (χ4n) is 2.96. The van der Waals surface area contributed by atoms with E-state index in [-0.39, 0.29) is 6.61 Å². The van der Waals surface area contributed by atoms with E-state index in [9.17, 15) is 9.59 Å². The van der Waals surface area contributed by atoms with Crippen molar-refractivity contribution in [1.29, 1.82) is 0 Å². The molecule has 4 nitrogen and oxygen atoms in total. The van der Waals surface area contributed by atoms with E-state index in [1.165, 1.54) is 4.90 Å². The number of benzene rings is 3. The summed E-state index contributed by atoms with van der Waals surface area (Å²) in [4.78, 5) is 26.2. The van der Waals surface area contributed by atoms with E-state index in [4.69, 9.17) is 4.74 Å². The Kier molecular flexibility index (Phi) is 5.64. The van der Waals surface area contributed by atoms with E-state index < -0.39 is 11.9 Å². The summed E-state index contributed by atoms with van der Waals surface area (Å²) < 4.78 is 4.92. The molecule has 0 aliphatic carbocycles. The predicted molar refractivity (Wildman–Crippen MR) is 101 cm³/mol. The number of esters is 1. The summed E-state index contributed by atoms with van der Waals surface area (Å²) in [7, 11) is 0. The third-order valence-corrected chi connectivity index (χ3v) is 4.19. The first-order chi connectivity index (χ1) is 12.7. The molecule has 0 bridgehead atoms. The zero-order chi connectivity index (χ0) is 18.4. The molecule has 0 spiro atoms. The Balaban J connectivity index is 1.91. The highest BCUT2D eigenvalue weighted by molar-refractivity contribution is 6.32. The van der Waals surface area contributed by atoms with Crippen molar-refractivity contribution in [3.05, 3.63) is 83.9 Å². The fraction of sp³-hybridized carbons (Fsp3) is 0.182. The van der Waals surface area contributed by atoms with Crippen LogP contribution >= 0.6 is 0 Å². The zero-order valence-electron chi connectivity index (χ0n) is 14.7. The Morgan fingerprint density at radius 3 is 2.31 bits per heavy atom. The first kappa shape index (κ1) is 17.7. The summed E-state index contributed by atoms with van der Waals surface area (Å²) in [5, 5.41) is 2.18.